The van der Waals surface area contributed by atoms with Crippen molar-refractivity contribution in [2.75, 3.05) is 13.2 Å². The van der Waals surface area contributed by atoms with Gasteiger partial charge in [-0.25, -0.2) is 0 Å². The fourth-order valence-corrected chi connectivity index (χ4v) is 11.3. The average molecular weight is 1070 g/mol. The fourth-order valence-electron chi connectivity index (χ4n) is 11.3. The van der Waals surface area contributed by atoms with Gasteiger partial charge in [-0.1, -0.05) is 373 Å². The zero-order valence-electron chi connectivity index (χ0n) is 52.1. The van der Waals surface area contributed by atoms with Gasteiger partial charge in [-0.2, -0.15) is 0 Å². The Morgan fingerprint density at radius 2 is 0.487 bits per heavy atom. The highest BCUT2D eigenvalue weighted by Gasteiger charge is 2.16. The van der Waals surface area contributed by atoms with Gasteiger partial charge in [0.05, 0.1) is 6.61 Å². The molecule has 0 fully saturated rings. The molecule has 0 bridgehead atoms. The van der Waals surface area contributed by atoms with E-state index >= 15 is 0 Å². The molecule has 0 aromatic rings. The summed E-state index contributed by atoms with van der Waals surface area (Å²) in [5.74, 6) is -0.561. The minimum absolute atomic E-state index is 0.0567. The molecule has 0 saturated heterocycles. The van der Waals surface area contributed by atoms with Crippen molar-refractivity contribution in [3.63, 3.8) is 0 Å². The lowest BCUT2D eigenvalue weighted by Crippen LogP contribution is -2.28. The van der Waals surface area contributed by atoms with Crippen molar-refractivity contribution in [2.24, 2.45) is 0 Å². The molecule has 0 aliphatic rings. The van der Waals surface area contributed by atoms with Crippen molar-refractivity contribution in [1.29, 1.82) is 0 Å². The number of unbranched alkanes of at least 4 members (excludes halogenated alkanes) is 57. The van der Waals surface area contributed by atoms with Crippen molar-refractivity contribution in [3.8, 4) is 0 Å². The van der Waals surface area contributed by atoms with Crippen LogP contribution in [0.4, 0.5) is 0 Å². The number of esters is 2. The van der Waals surface area contributed by atoms with Gasteiger partial charge in [0.25, 0.3) is 0 Å². The number of allylic oxidation sites excluding steroid dienone is 2. The van der Waals surface area contributed by atoms with Crippen LogP contribution in [0.25, 0.3) is 0 Å². The van der Waals surface area contributed by atoms with E-state index in [0.29, 0.717) is 12.8 Å². The molecule has 1 atom stereocenters. The Morgan fingerprint density at radius 3 is 0.711 bits per heavy atom. The summed E-state index contributed by atoms with van der Waals surface area (Å²) in [6.45, 7) is 4.22. The number of rotatable bonds is 67. The van der Waals surface area contributed by atoms with Gasteiger partial charge in [-0.3, -0.25) is 9.59 Å². The molecule has 0 saturated carbocycles. The zero-order valence-corrected chi connectivity index (χ0v) is 52.1. The topological polar surface area (TPSA) is 72.8 Å². The predicted octanol–water partition coefficient (Wildman–Crippen LogP) is 24.2. The first kappa shape index (κ1) is 74.6. The first-order chi connectivity index (χ1) is 37.6. The van der Waals surface area contributed by atoms with E-state index in [-0.39, 0.29) is 25.2 Å². The second-order valence-corrected chi connectivity index (χ2v) is 24.3. The van der Waals surface area contributed by atoms with Crippen LogP contribution in [-0.2, 0) is 19.1 Å². The maximum atomic E-state index is 12.4. The van der Waals surface area contributed by atoms with Crippen molar-refractivity contribution >= 4 is 11.9 Å². The molecule has 76 heavy (non-hydrogen) atoms. The van der Waals surface area contributed by atoms with E-state index in [9.17, 15) is 14.7 Å². The van der Waals surface area contributed by atoms with Gasteiger partial charge in [0.15, 0.2) is 6.10 Å². The predicted molar refractivity (Wildman–Crippen MR) is 335 cm³/mol. The molecule has 5 nitrogen and oxygen atoms in total. The molecule has 0 aromatic carbocycles. The minimum atomic E-state index is -0.767. The Labute approximate surface area is 477 Å². The van der Waals surface area contributed by atoms with Crippen LogP contribution in [0.1, 0.15) is 412 Å². The second kappa shape index (κ2) is 67.9. The number of carbonyl (C=O) groups is 2. The highest BCUT2D eigenvalue weighted by Crippen LogP contribution is 2.19. The van der Waals surface area contributed by atoms with Crippen LogP contribution in [0.2, 0.25) is 0 Å². The quantitative estimate of drug-likeness (QED) is 0.0373. The second-order valence-electron chi connectivity index (χ2n) is 24.3. The third-order valence-electron chi connectivity index (χ3n) is 16.6. The van der Waals surface area contributed by atoms with E-state index in [1.165, 1.54) is 353 Å². The van der Waals surface area contributed by atoms with Crippen LogP contribution in [0.15, 0.2) is 12.2 Å². The Bertz CT molecular complexity index is 1120. The van der Waals surface area contributed by atoms with Crippen LogP contribution in [0.5, 0.6) is 0 Å². The number of aliphatic hydroxyl groups excluding tert-OH is 1. The Hall–Kier alpha value is -1.36. The van der Waals surface area contributed by atoms with Crippen molar-refractivity contribution in [2.45, 2.75) is 418 Å². The van der Waals surface area contributed by atoms with Crippen LogP contribution < -0.4 is 0 Å². The molecule has 5 heteroatoms. The summed E-state index contributed by atoms with van der Waals surface area (Å²) in [6.07, 6.45) is 86.9. The lowest BCUT2D eigenvalue weighted by Gasteiger charge is -2.15. The van der Waals surface area contributed by atoms with Crippen LogP contribution in [0.3, 0.4) is 0 Å². The molecule has 0 aliphatic carbocycles. The van der Waals surface area contributed by atoms with Crippen molar-refractivity contribution in [1.82, 2.24) is 0 Å². The molecule has 0 radical (unpaired) electrons. The molecule has 0 heterocycles. The van der Waals surface area contributed by atoms with Crippen molar-refractivity contribution < 1.29 is 24.2 Å². The number of hydrogen-bond acceptors (Lipinski definition) is 5. The summed E-state index contributed by atoms with van der Waals surface area (Å²) in [4.78, 5) is 24.6. The smallest absolute Gasteiger partial charge is 0.306 e. The highest BCUT2D eigenvalue weighted by molar-refractivity contribution is 5.70. The zero-order chi connectivity index (χ0) is 54.8. The molecule has 0 spiro atoms. The van der Waals surface area contributed by atoms with Gasteiger partial charge >= 0.3 is 11.9 Å². The van der Waals surface area contributed by atoms with Gasteiger partial charge in [-0.05, 0) is 38.5 Å². The highest BCUT2D eigenvalue weighted by atomic mass is 16.6. The van der Waals surface area contributed by atoms with Crippen LogP contribution in [-0.4, -0.2) is 36.4 Å². The number of carbonyl (C=O) groups excluding carboxylic acids is 2. The van der Waals surface area contributed by atoms with Gasteiger partial charge in [0.2, 0.25) is 0 Å². The van der Waals surface area contributed by atoms with E-state index in [1.807, 2.05) is 0 Å². The Morgan fingerprint density at radius 1 is 0.289 bits per heavy atom. The minimum Gasteiger partial charge on any atom is -0.462 e. The summed E-state index contributed by atoms with van der Waals surface area (Å²) in [6, 6.07) is 0. The molecular weight excluding hydrogens is 933 g/mol. The molecule has 0 aromatic heterocycles. The number of ether oxygens (including phenoxy) is 2. The van der Waals surface area contributed by atoms with Gasteiger partial charge in [0.1, 0.15) is 6.61 Å². The Kier molecular flexibility index (Phi) is 66.7. The SMILES string of the molecule is CCCCCCCCCC/C=C\CCCCCCCCCCCCCCCCCCCCCC(=O)OC(CO)COC(=O)CCCCCCCCCCCCCCCCCCCCCCCCCCCCCCCCC. The summed E-state index contributed by atoms with van der Waals surface area (Å²) < 4.78 is 10.8. The first-order valence-corrected chi connectivity index (χ1v) is 35.2. The molecule has 452 valence electrons. The third kappa shape index (κ3) is 65.2. The fraction of sp³-hybridized carbons (Fsp3) is 0.944. The number of aliphatic hydroxyl groups is 1. The van der Waals surface area contributed by atoms with Crippen molar-refractivity contribution in [3.05, 3.63) is 12.2 Å². The lowest BCUT2D eigenvalue weighted by atomic mass is 10.0. The van der Waals surface area contributed by atoms with Crippen LogP contribution >= 0.6 is 0 Å². The molecule has 0 amide bonds. The lowest BCUT2D eigenvalue weighted by molar-refractivity contribution is -0.161. The third-order valence-corrected chi connectivity index (χ3v) is 16.6. The molecular formula is C71H138O5. The van der Waals surface area contributed by atoms with E-state index in [4.69, 9.17) is 9.47 Å². The summed E-state index contributed by atoms with van der Waals surface area (Å²) in [5.41, 5.74) is 0. The normalized spacial score (nSPS) is 12.1. The summed E-state index contributed by atoms with van der Waals surface area (Å²) >= 11 is 0. The van der Waals surface area contributed by atoms with Crippen LogP contribution in [0, 0.1) is 0 Å². The average Bonchev–Trinajstić information content (AvgIpc) is 3.42. The summed E-state index contributed by atoms with van der Waals surface area (Å²) in [7, 11) is 0. The van der Waals surface area contributed by atoms with E-state index in [2.05, 4.69) is 26.0 Å². The maximum absolute atomic E-state index is 12.4. The van der Waals surface area contributed by atoms with E-state index in [0.717, 1.165) is 32.1 Å². The summed E-state index contributed by atoms with van der Waals surface area (Å²) in [5, 5.41) is 9.70. The monoisotopic (exact) mass is 1070 g/mol. The number of hydrogen-bond donors (Lipinski definition) is 1. The maximum Gasteiger partial charge on any atom is 0.306 e. The standard InChI is InChI=1S/C71H138O5/c1-3-5-7-9-11-13-15-17-19-21-23-25-27-29-31-33-35-37-39-41-43-45-47-49-51-53-55-57-59-61-63-65-70(73)75-68-69(67-72)76-71(74)66-64-62-60-58-56-54-52-50-48-46-44-42-40-38-36-34-32-30-28-26-24-22-20-18-16-14-12-10-8-6-4-2/h22,24,69,72H,3-21,23,25-68H2,1-2H3/b24-22-. The largest absolute Gasteiger partial charge is 0.462 e. The van der Waals surface area contributed by atoms with E-state index < -0.39 is 6.10 Å². The molecule has 0 rings (SSSR count). The molecule has 0 aliphatic heterocycles. The van der Waals surface area contributed by atoms with Gasteiger partial charge < -0.3 is 14.6 Å². The van der Waals surface area contributed by atoms with Gasteiger partial charge in [0, 0.05) is 12.8 Å². The molecule has 1 unspecified atom stereocenters. The van der Waals surface area contributed by atoms with E-state index in [1.54, 1.807) is 0 Å². The Balaban J connectivity index is 3.36. The molecule has 1 N–H and O–H groups in total. The first-order valence-electron chi connectivity index (χ1n) is 35.2. The van der Waals surface area contributed by atoms with Gasteiger partial charge in [-0.15, -0.1) is 0 Å².